The first-order valence-electron chi connectivity index (χ1n) is 14.8. The summed E-state index contributed by atoms with van der Waals surface area (Å²) < 4.78 is 8.10. The van der Waals surface area contributed by atoms with Gasteiger partial charge in [-0.15, -0.1) is 0 Å². The lowest BCUT2D eigenvalue weighted by atomic mass is 9.92. The van der Waals surface area contributed by atoms with E-state index in [2.05, 4.69) is 65.3 Å². The minimum atomic E-state index is -0.336. The van der Waals surface area contributed by atoms with Crippen molar-refractivity contribution in [2.45, 2.75) is 72.1 Å². The zero-order valence-electron chi connectivity index (χ0n) is 25.2. The van der Waals surface area contributed by atoms with Gasteiger partial charge in [-0.1, -0.05) is 47.5 Å². The molecule has 220 valence electrons. The van der Waals surface area contributed by atoms with Crippen molar-refractivity contribution in [3.8, 4) is 11.4 Å². The summed E-state index contributed by atoms with van der Waals surface area (Å²) in [5.74, 6) is 1.40. The molecule has 3 N–H and O–H groups in total. The van der Waals surface area contributed by atoms with Crippen LogP contribution in [0.4, 0.5) is 16.3 Å². The quantitative estimate of drug-likeness (QED) is 0.140. The van der Waals surface area contributed by atoms with E-state index >= 15 is 0 Å². The van der Waals surface area contributed by atoms with E-state index in [1.54, 1.807) is 0 Å². The second-order valence-corrected chi connectivity index (χ2v) is 11.6. The second-order valence-electron chi connectivity index (χ2n) is 11.6. The Labute approximate surface area is 243 Å². The van der Waals surface area contributed by atoms with Crippen LogP contribution in [0.25, 0.3) is 16.7 Å². The summed E-state index contributed by atoms with van der Waals surface area (Å²) in [4.78, 5) is 19.6. The molecule has 0 fully saturated rings. The van der Waals surface area contributed by atoms with Crippen molar-refractivity contribution in [1.29, 1.82) is 0 Å². The van der Waals surface area contributed by atoms with Gasteiger partial charge in [0.1, 0.15) is 17.9 Å². The largest absolute Gasteiger partial charge is 0.493 e. The van der Waals surface area contributed by atoms with Crippen LogP contribution in [0.2, 0.25) is 0 Å². The molecule has 2 aromatic carbocycles. The zero-order valence-corrected chi connectivity index (χ0v) is 25.2. The Hall–Kier alpha value is -3.85. The minimum absolute atomic E-state index is 0.0986. The van der Waals surface area contributed by atoms with Gasteiger partial charge in [0.15, 0.2) is 0 Å². The summed E-state index contributed by atoms with van der Waals surface area (Å²) in [5, 5.41) is 12.8. The summed E-state index contributed by atoms with van der Waals surface area (Å²) in [6, 6.07) is 15.2. The van der Waals surface area contributed by atoms with Crippen LogP contribution in [-0.4, -0.2) is 56.9 Å². The van der Waals surface area contributed by atoms with Gasteiger partial charge >= 0.3 is 6.03 Å². The van der Waals surface area contributed by atoms with Gasteiger partial charge in [0, 0.05) is 35.5 Å². The topological polar surface area (TPSA) is 100 Å². The van der Waals surface area contributed by atoms with E-state index in [1.165, 1.54) is 38.8 Å². The van der Waals surface area contributed by atoms with Crippen LogP contribution in [-0.2, 0) is 5.41 Å². The Kier molecular flexibility index (Phi) is 10.4. The SMILES string of the molecule is CCCCN(CCCC)CCCOc1ccc2c(c1)ncn2-c1ccc(NC(=O)Nc2cc(C(C)(C)C)n[nH]2)cc1. The molecule has 0 bridgehead atoms. The maximum absolute atomic E-state index is 12.5. The minimum Gasteiger partial charge on any atom is -0.493 e. The van der Waals surface area contributed by atoms with Crippen molar-refractivity contribution < 1.29 is 9.53 Å². The fourth-order valence-electron chi connectivity index (χ4n) is 4.63. The van der Waals surface area contributed by atoms with Crippen LogP contribution in [0.15, 0.2) is 54.9 Å². The molecule has 0 saturated heterocycles. The number of nitrogens with zero attached hydrogens (tertiary/aromatic N) is 4. The molecule has 4 rings (SSSR count). The number of unbranched alkanes of at least 4 members (excludes halogenated alkanes) is 2. The molecule has 0 spiro atoms. The van der Waals surface area contributed by atoms with E-state index in [0.717, 1.165) is 41.1 Å². The monoisotopic (exact) mass is 559 g/mol. The van der Waals surface area contributed by atoms with Gasteiger partial charge in [-0.3, -0.25) is 15.0 Å². The number of rotatable bonds is 14. The first kappa shape index (κ1) is 30.1. The molecule has 0 aliphatic heterocycles. The number of nitrogens with one attached hydrogen (secondary N) is 3. The molecule has 0 aliphatic carbocycles. The van der Waals surface area contributed by atoms with Crippen LogP contribution >= 0.6 is 0 Å². The predicted molar refractivity (Wildman–Crippen MR) is 167 cm³/mol. The van der Waals surface area contributed by atoms with E-state index in [-0.39, 0.29) is 11.4 Å². The number of hydrogen-bond acceptors (Lipinski definition) is 5. The normalized spacial score (nSPS) is 11.8. The molecular formula is C32H45N7O2. The van der Waals surface area contributed by atoms with E-state index in [9.17, 15) is 4.79 Å². The number of aromatic amines is 1. The van der Waals surface area contributed by atoms with Gasteiger partial charge in [0.25, 0.3) is 0 Å². The number of H-pyrrole nitrogens is 1. The predicted octanol–water partition coefficient (Wildman–Crippen LogP) is 7.36. The van der Waals surface area contributed by atoms with Gasteiger partial charge < -0.3 is 15.0 Å². The molecule has 41 heavy (non-hydrogen) atoms. The fourth-order valence-corrected chi connectivity index (χ4v) is 4.63. The average Bonchev–Trinajstić information content (AvgIpc) is 3.59. The molecule has 4 aromatic rings. The Balaban J connectivity index is 1.30. The Morgan fingerprint density at radius 3 is 2.32 bits per heavy atom. The van der Waals surface area contributed by atoms with Crippen LogP contribution in [0.1, 0.15) is 72.4 Å². The summed E-state index contributed by atoms with van der Waals surface area (Å²) in [6.07, 6.45) is 7.79. The number of aromatic nitrogens is 4. The average molecular weight is 560 g/mol. The van der Waals surface area contributed by atoms with Crippen molar-refractivity contribution in [2.24, 2.45) is 0 Å². The summed E-state index contributed by atoms with van der Waals surface area (Å²) in [7, 11) is 0. The number of imidazole rings is 1. The van der Waals surface area contributed by atoms with Crippen molar-refractivity contribution in [3.05, 3.63) is 60.6 Å². The highest BCUT2D eigenvalue weighted by molar-refractivity contribution is 5.99. The van der Waals surface area contributed by atoms with Crippen molar-refractivity contribution in [2.75, 3.05) is 36.9 Å². The lowest BCUT2D eigenvalue weighted by Crippen LogP contribution is -2.28. The third kappa shape index (κ3) is 8.57. The smallest absolute Gasteiger partial charge is 0.324 e. The standard InChI is InChI=1S/C32H45N7O2/c1-6-8-17-38(18-9-7-2)19-10-20-41-26-15-16-28-27(21-26)33-23-39(28)25-13-11-24(12-14-25)34-31(40)35-30-22-29(36-37-30)32(3,4)5/h11-16,21-23H,6-10,17-20H2,1-5H3,(H3,34,35,36,37,40). The van der Waals surface area contributed by atoms with Gasteiger partial charge in [0.05, 0.1) is 23.3 Å². The molecule has 0 aliphatic rings. The van der Waals surface area contributed by atoms with E-state index < -0.39 is 0 Å². The number of amides is 2. The number of ether oxygens (including phenoxy) is 1. The third-order valence-electron chi connectivity index (χ3n) is 7.06. The van der Waals surface area contributed by atoms with Gasteiger partial charge in [0.2, 0.25) is 0 Å². The first-order valence-corrected chi connectivity index (χ1v) is 14.8. The van der Waals surface area contributed by atoms with E-state index in [1.807, 2.05) is 59.4 Å². The van der Waals surface area contributed by atoms with Gasteiger partial charge in [-0.2, -0.15) is 5.10 Å². The van der Waals surface area contributed by atoms with Crippen LogP contribution in [0, 0.1) is 0 Å². The number of carbonyl (C=O) groups is 1. The highest BCUT2D eigenvalue weighted by Gasteiger charge is 2.18. The summed E-state index contributed by atoms with van der Waals surface area (Å²) in [5.41, 5.74) is 4.30. The number of fused-ring (bicyclic) bond motifs is 1. The van der Waals surface area contributed by atoms with Gasteiger partial charge in [-0.05, 0) is 68.8 Å². The number of urea groups is 1. The van der Waals surface area contributed by atoms with Crippen molar-refractivity contribution in [1.82, 2.24) is 24.6 Å². The van der Waals surface area contributed by atoms with E-state index in [4.69, 9.17) is 4.74 Å². The van der Waals surface area contributed by atoms with Gasteiger partial charge in [-0.25, -0.2) is 9.78 Å². The third-order valence-corrected chi connectivity index (χ3v) is 7.06. The molecule has 0 unspecified atom stereocenters. The summed E-state index contributed by atoms with van der Waals surface area (Å²) >= 11 is 0. The lowest BCUT2D eigenvalue weighted by molar-refractivity contribution is 0.229. The highest BCUT2D eigenvalue weighted by atomic mass is 16.5. The molecule has 0 radical (unpaired) electrons. The molecule has 2 aromatic heterocycles. The number of carbonyl (C=O) groups excluding carboxylic acids is 1. The molecule has 2 amide bonds. The maximum atomic E-state index is 12.5. The molecule has 0 atom stereocenters. The van der Waals surface area contributed by atoms with Crippen LogP contribution in [0.3, 0.4) is 0 Å². The van der Waals surface area contributed by atoms with Crippen molar-refractivity contribution >= 4 is 28.6 Å². The molecule has 9 nitrogen and oxygen atoms in total. The second kappa shape index (κ2) is 14.2. The Morgan fingerprint density at radius 1 is 0.951 bits per heavy atom. The van der Waals surface area contributed by atoms with Crippen LogP contribution in [0.5, 0.6) is 5.75 Å². The Bertz CT molecular complexity index is 1380. The number of hydrogen-bond donors (Lipinski definition) is 3. The molecular weight excluding hydrogens is 514 g/mol. The Morgan fingerprint density at radius 2 is 1.66 bits per heavy atom. The molecule has 2 heterocycles. The van der Waals surface area contributed by atoms with Crippen LogP contribution < -0.4 is 15.4 Å². The van der Waals surface area contributed by atoms with E-state index in [0.29, 0.717) is 18.1 Å². The number of benzene rings is 2. The number of anilines is 2. The highest BCUT2D eigenvalue weighted by Crippen LogP contribution is 2.25. The maximum Gasteiger partial charge on any atom is 0.324 e. The molecule has 0 saturated carbocycles. The first-order chi connectivity index (χ1) is 19.8. The summed E-state index contributed by atoms with van der Waals surface area (Å²) in [6.45, 7) is 14.8. The van der Waals surface area contributed by atoms with Crippen molar-refractivity contribution in [3.63, 3.8) is 0 Å². The fraction of sp³-hybridized carbons (Fsp3) is 0.469. The molecule has 9 heteroatoms. The lowest BCUT2D eigenvalue weighted by Gasteiger charge is -2.21. The zero-order chi connectivity index (χ0) is 29.2.